The van der Waals surface area contributed by atoms with Gasteiger partial charge in [0.2, 0.25) is 5.91 Å². The number of ether oxygens (including phenoxy) is 1. The zero-order valence-corrected chi connectivity index (χ0v) is 16.0. The summed E-state index contributed by atoms with van der Waals surface area (Å²) in [7, 11) is 0. The second kappa shape index (κ2) is 8.96. The lowest BCUT2D eigenvalue weighted by Crippen LogP contribution is -2.21. The highest BCUT2D eigenvalue weighted by atomic mass is 19.1. The van der Waals surface area contributed by atoms with Crippen molar-refractivity contribution in [3.8, 4) is 5.75 Å². The molecule has 2 aromatic carbocycles. The third-order valence-electron chi connectivity index (χ3n) is 4.05. The molecule has 1 aromatic heterocycles. The van der Waals surface area contributed by atoms with Crippen LogP contribution in [0.25, 0.3) is 0 Å². The lowest BCUT2D eigenvalue weighted by Gasteiger charge is -2.10. The zero-order chi connectivity index (χ0) is 20.8. The molecule has 0 saturated carbocycles. The van der Waals surface area contributed by atoms with Crippen molar-refractivity contribution in [3.05, 3.63) is 65.7 Å². The number of carbonyl (C=O) groups is 2. The number of anilines is 2. The van der Waals surface area contributed by atoms with Crippen LogP contribution in [0.15, 0.2) is 48.5 Å². The number of rotatable bonds is 7. The summed E-state index contributed by atoms with van der Waals surface area (Å²) < 4.78 is 19.8. The van der Waals surface area contributed by atoms with Crippen molar-refractivity contribution in [1.82, 2.24) is 15.0 Å². The van der Waals surface area contributed by atoms with Gasteiger partial charge in [0.15, 0.2) is 5.69 Å². The maximum Gasteiger partial charge on any atom is 0.278 e. The largest absolute Gasteiger partial charge is 0.492 e. The highest BCUT2D eigenvalue weighted by Crippen LogP contribution is 2.24. The molecule has 0 aliphatic heterocycles. The molecule has 0 atom stereocenters. The van der Waals surface area contributed by atoms with E-state index in [2.05, 4.69) is 20.9 Å². The second-order valence-corrected chi connectivity index (χ2v) is 6.12. The molecular formula is C20H20FN5O3. The first-order valence-corrected chi connectivity index (χ1v) is 8.96. The molecule has 0 unspecified atom stereocenters. The number of benzene rings is 2. The quantitative estimate of drug-likeness (QED) is 0.639. The average Bonchev–Trinajstić information content (AvgIpc) is 3.06. The molecule has 0 radical (unpaired) electrons. The summed E-state index contributed by atoms with van der Waals surface area (Å²) in [6.45, 7) is 3.82. The van der Waals surface area contributed by atoms with E-state index in [4.69, 9.17) is 4.74 Å². The molecule has 3 rings (SSSR count). The van der Waals surface area contributed by atoms with Crippen LogP contribution < -0.4 is 15.4 Å². The Morgan fingerprint density at radius 1 is 1.10 bits per heavy atom. The Morgan fingerprint density at radius 2 is 1.83 bits per heavy atom. The van der Waals surface area contributed by atoms with Crippen LogP contribution in [0.5, 0.6) is 5.75 Å². The molecule has 1 heterocycles. The van der Waals surface area contributed by atoms with Gasteiger partial charge in [0.05, 0.1) is 18.0 Å². The van der Waals surface area contributed by atoms with Crippen molar-refractivity contribution in [2.45, 2.75) is 20.4 Å². The predicted molar refractivity (Wildman–Crippen MR) is 105 cm³/mol. The highest BCUT2D eigenvalue weighted by molar-refractivity contribution is 6.04. The van der Waals surface area contributed by atoms with Crippen LogP contribution in [0.3, 0.4) is 0 Å². The fourth-order valence-corrected chi connectivity index (χ4v) is 2.62. The number of carbonyl (C=O) groups excluding carboxylic acids is 2. The maximum absolute atomic E-state index is 12.9. The molecule has 3 aromatic rings. The average molecular weight is 397 g/mol. The van der Waals surface area contributed by atoms with Gasteiger partial charge in [-0.1, -0.05) is 17.3 Å². The van der Waals surface area contributed by atoms with E-state index in [0.717, 1.165) is 0 Å². The van der Waals surface area contributed by atoms with Crippen LogP contribution in [0.4, 0.5) is 15.8 Å². The van der Waals surface area contributed by atoms with Gasteiger partial charge in [-0.15, -0.1) is 5.10 Å². The summed E-state index contributed by atoms with van der Waals surface area (Å²) in [6, 6.07) is 12.5. The van der Waals surface area contributed by atoms with Crippen LogP contribution in [0.2, 0.25) is 0 Å². The number of amides is 2. The number of hydrogen-bond acceptors (Lipinski definition) is 5. The monoisotopic (exact) mass is 397 g/mol. The SMILES string of the molecule is CCOc1ccccc1NC(=O)c1nnn(CC(=O)Nc2ccc(F)cc2)c1C. The number of hydrogen-bond donors (Lipinski definition) is 2. The second-order valence-electron chi connectivity index (χ2n) is 6.12. The summed E-state index contributed by atoms with van der Waals surface area (Å²) in [5, 5.41) is 13.2. The van der Waals surface area contributed by atoms with E-state index >= 15 is 0 Å². The molecule has 8 nitrogen and oxygen atoms in total. The summed E-state index contributed by atoms with van der Waals surface area (Å²) in [5.74, 6) is -0.679. The standard InChI is InChI=1S/C20H20FN5O3/c1-3-29-17-7-5-4-6-16(17)23-20(28)19-13(2)26(25-24-19)12-18(27)22-15-10-8-14(21)9-11-15/h4-11H,3,12H2,1-2H3,(H,22,27)(H,23,28). The Hall–Kier alpha value is -3.75. The van der Waals surface area contributed by atoms with E-state index in [0.29, 0.717) is 29.4 Å². The van der Waals surface area contributed by atoms with Crippen LogP contribution in [-0.4, -0.2) is 33.4 Å². The molecule has 0 saturated heterocycles. The minimum Gasteiger partial charge on any atom is -0.492 e. The van der Waals surface area contributed by atoms with Gasteiger partial charge in [0, 0.05) is 5.69 Å². The van der Waals surface area contributed by atoms with E-state index in [-0.39, 0.29) is 18.1 Å². The fourth-order valence-electron chi connectivity index (χ4n) is 2.62. The summed E-state index contributed by atoms with van der Waals surface area (Å²) in [6.07, 6.45) is 0. The lowest BCUT2D eigenvalue weighted by atomic mass is 10.2. The Morgan fingerprint density at radius 3 is 2.55 bits per heavy atom. The van der Waals surface area contributed by atoms with Gasteiger partial charge in [-0.25, -0.2) is 9.07 Å². The summed E-state index contributed by atoms with van der Waals surface area (Å²) >= 11 is 0. The van der Waals surface area contributed by atoms with E-state index in [1.165, 1.54) is 28.9 Å². The number of aromatic nitrogens is 3. The minimum absolute atomic E-state index is 0.103. The fraction of sp³-hybridized carbons (Fsp3) is 0.200. The van der Waals surface area contributed by atoms with Crippen LogP contribution in [0.1, 0.15) is 23.1 Å². The van der Waals surface area contributed by atoms with E-state index in [9.17, 15) is 14.0 Å². The highest BCUT2D eigenvalue weighted by Gasteiger charge is 2.19. The smallest absolute Gasteiger partial charge is 0.278 e. The molecule has 0 spiro atoms. The Bertz CT molecular complexity index is 1020. The molecule has 150 valence electrons. The first-order chi connectivity index (χ1) is 14.0. The van der Waals surface area contributed by atoms with Gasteiger partial charge in [-0.05, 0) is 50.2 Å². The molecule has 2 N–H and O–H groups in total. The first kappa shape index (κ1) is 20.0. The van der Waals surface area contributed by atoms with Crippen molar-refractivity contribution in [2.24, 2.45) is 0 Å². The molecule has 0 fully saturated rings. The van der Waals surface area contributed by atoms with E-state index in [1.807, 2.05) is 13.0 Å². The Labute approximate surface area is 166 Å². The summed E-state index contributed by atoms with van der Waals surface area (Å²) in [5.41, 5.74) is 1.51. The van der Waals surface area contributed by atoms with Crippen LogP contribution in [-0.2, 0) is 11.3 Å². The Balaban J connectivity index is 1.68. The number of nitrogens with one attached hydrogen (secondary N) is 2. The zero-order valence-electron chi connectivity index (χ0n) is 16.0. The number of halogens is 1. The molecule has 9 heteroatoms. The van der Waals surface area contributed by atoms with Gasteiger partial charge in [0.1, 0.15) is 18.1 Å². The minimum atomic E-state index is -0.458. The third kappa shape index (κ3) is 4.95. The Kier molecular flexibility index (Phi) is 6.18. The van der Waals surface area contributed by atoms with E-state index < -0.39 is 11.7 Å². The molecular weight excluding hydrogens is 377 g/mol. The van der Waals surface area contributed by atoms with Gasteiger partial charge in [0.25, 0.3) is 5.91 Å². The van der Waals surface area contributed by atoms with Crippen molar-refractivity contribution >= 4 is 23.2 Å². The van der Waals surface area contributed by atoms with Gasteiger partial charge in [-0.2, -0.15) is 0 Å². The van der Waals surface area contributed by atoms with Crippen LogP contribution in [0, 0.1) is 12.7 Å². The lowest BCUT2D eigenvalue weighted by molar-refractivity contribution is -0.117. The first-order valence-electron chi connectivity index (χ1n) is 8.96. The maximum atomic E-state index is 12.9. The molecule has 2 amide bonds. The molecule has 0 aliphatic carbocycles. The third-order valence-corrected chi connectivity index (χ3v) is 4.05. The van der Waals surface area contributed by atoms with Gasteiger partial charge >= 0.3 is 0 Å². The van der Waals surface area contributed by atoms with Crippen molar-refractivity contribution in [3.63, 3.8) is 0 Å². The number of nitrogens with zero attached hydrogens (tertiary/aromatic N) is 3. The summed E-state index contributed by atoms with van der Waals surface area (Å²) in [4.78, 5) is 24.8. The predicted octanol–water partition coefficient (Wildman–Crippen LogP) is 3.02. The van der Waals surface area contributed by atoms with Gasteiger partial charge < -0.3 is 15.4 Å². The van der Waals surface area contributed by atoms with Crippen LogP contribution >= 0.6 is 0 Å². The van der Waals surface area contributed by atoms with Crippen molar-refractivity contribution in [1.29, 1.82) is 0 Å². The molecule has 0 bridgehead atoms. The van der Waals surface area contributed by atoms with Gasteiger partial charge in [-0.3, -0.25) is 9.59 Å². The molecule has 29 heavy (non-hydrogen) atoms. The normalized spacial score (nSPS) is 10.4. The molecule has 0 aliphatic rings. The topological polar surface area (TPSA) is 98.1 Å². The van der Waals surface area contributed by atoms with Crippen molar-refractivity contribution < 1.29 is 18.7 Å². The van der Waals surface area contributed by atoms with Crippen molar-refractivity contribution in [2.75, 3.05) is 17.2 Å². The van der Waals surface area contributed by atoms with E-state index in [1.54, 1.807) is 25.1 Å². The number of para-hydroxylation sites is 2.